The van der Waals surface area contributed by atoms with Crippen molar-refractivity contribution in [1.29, 1.82) is 0 Å². The normalized spacial score (nSPS) is 13.1. The molecule has 0 spiro atoms. The molecule has 1 aromatic heterocycles. The fourth-order valence-electron chi connectivity index (χ4n) is 3.24. The van der Waals surface area contributed by atoms with Crippen LogP contribution < -0.4 is 14.8 Å². The largest absolute Gasteiger partial charge is 0.493 e. The molecule has 1 N–H and O–H groups in total. The Bertz CT molecular complexity index is 838. The monoisotopic (exact) mass is 370 g/mol. The lowest BCUT2D eigenvalue weighted by molar-refractivity contribution is 0.0728. The van der Waals surface area contributed by atoms with Gasteiger partial charge in [-0.05, 0) is 43.0 Å². The maximum Gasteiger partial charge on any atom is 0.272 e. The van der Waals surface area contributed by atoms with E-state index in [1.807, 2.05) is 17.0 Å². The van der Waals surface area contributed by atoms with E-state index in [4.69, 9.17) is 9.47 Å². The fraction of sp³-hybridized carbons (Fsp3) is 0.450. The summed E-state index contributed by atoms with van der Waals surface area (Å²) in [5.74, 6) is 2.59. The number of carbonyl (C=O) groups excluding carboxylic acids is 1. The highest BCUT2D eigenvalue weighted by Crippen LogP contribution is 2.33. The number of aryl methyl sites for hydroxylation is 1. The van der Waals surface area contributed by atoms with Gasteiger partial charge >= 0.3 is 0 Å². The highest BCUT2D eigenvalue weighted by Gasteiger charge is 2.25. The van der Waals surface area contributed by atoms with Gasteiger partial charge in [0.2, 0.25) is 0 Å². The Labute approximate surface area is 159 Å². The van der Waals surface area contributed by atoms with Crippen LogP contribution in [0.2, 0.25) is 0 Å². The number of nitrogens with zero attached hydrogens (tertiary/aromatic N) is 3. The lowest BCUT2D eigenvalue weighted by Gasteiger charge is -2.29. The zero-order valence-electron chi connectivity index (χ0n) is 16.3. The molecular weight excluding hydrogens is 344 g/mol. The van der Waals surface area contributed by atoms with Crippen LogP contribution in [0.15, 0.2) is 18.2 Å². The van der Waals surface area contributed by atoms with Crippen LogP contribution in [0.5, 0.6) is 11.5 Å². The van der Waals surface area contributed by atoms with Gasteiger partial charge in [-0.25, -0.2) is 9.97 Å². The molecule has 1 amide bonds. The number of hydrogen-bond donors (Lipinski definition) is 1. The van der Waals surface area contributed by atoms with Crippen LogP contribution >= 0.6 is 0 Å². The van der Waals surface area contributed by atoms with Crippen LogP contribution in [0.3, 0.4) is 0 Å². The van der Waals surface area contributed by atoms with Crippen molar-refractivity contribution in [2.75, 3.05) is 32.6 Å². The molecule has 3 rings (SSSR count). The number of benzene rings is 1. The first-order valence-corrected chi connectivity index (χ1v) is 9.18. The highest BCUT2D eigenvalue weighted by molar-refractivity contribution is 5.93. The van der Waals surface area contributed by atoms with Gasteiger partial charge in [-0.2, -0.15) is 0 Å². The van der Waals surface area contributed by atoms with Gasteiger partial charge in [-0.3, -0.25) is 4.79 Å². The maximum atomic E-state index is 13.0. The molecule has 1 aliphatic heterocycles. The Balaban J connectivity index is 1.82. The Morgan fingerprint density at radius 3 is 2.52 bits per heavy atom. The van der Waals surface area contributed by atoms with E-state index in [-0.39, 0.29) is 5.91 Å². The molecule has 0 radical (unpaired) electrons. The molecule has 0 saturated carbocycles. The van der Waals surface area contributed by atoms with Gasteiger partial charge in [0.05, 0.1) is 14.2 Å². The Kier molecular flexibility index (Phi) is 5.78. The number of rotatable bonds is 6. The molecule has 2 aromatic rings. The Morgan fingerprint density at radius 1 is 1.15 bits per heavy atom. The zero-order valence-corrected chi connectivity index (χ0v) is 16.3. The molecule has 0 saturated heterocycles. The summed E-state index contributed by atoms with van der Waals surface area (Å²) in [6.07, 6.45) is 1.76. The number of methoxy groups -OCH3 is 2. The minimum atomic E-state index is -0.0829. The maximum absolute atomic E-state index is 13.0. The van der Waals surface area contributed by atoms with Crippen molar-refractivity contribution < 1.29 is 14.3 Å². The summed E-state index contributed by atoms with van der Waals surface area (Å²) in [4.78, 5) is 23.5. The number of nitrogens with one attached hydrogen (secondary N) is 1. The number of hydrogen-bond acceptors (Lipinski definition) is 6. The highest BCUT2D eigenvalue weighted by atomic mass is 16.5. The number of amides is 1. The molecule has 0 atom stereocenters. The standard InChI is InChI=1S/C20H26N4O3/c1-5-7-21-19-11-16(22-13(2)23-19)20(25)24-8-6-14-9-17(26-3)18(27-4)10-15(14)12-24/h9-11H,5-8,12H2,1-4H3,(H,21,22,23). The Morgan fingerprint density at radius 2 is 1.85 bits per heavy atom. The number of ether oxygens (including phenoxy) is 2. The summed E-state index contributed by atoms with van der Waals surface area (Å²) >= 11 is 0. The third-order valence-electron chi connectivity index (χ3n) is 4.62. The molecule has 1 aliphatic rings. The van der Waals surface area contributed by atoms with Crippen LogP contribution in [-0.4, -0.2) is 48.1 Å². The number of fused-ring (bicyclic) bond motifs is 1. The van der Waals surface area contributed by atoms with Crippen LogP contribution in [0.1, 0.15) is 40.8 Å². The molecule has 1 aromatic carbocycles. The van der Waals surface area contributed by atoms with E-state index in [0.717, 1.165) is 24.9 Å². The summed E-state index contributed by atoms with van der Waals surface area (Å²) in [6.45, 7) is 5.86. The minimum absolute atomic E-state index is 0.0829. The van der Waals surface area contributed by atoms with E-state index in [1.165, 1.54) is 5.56 Å². The molecular formula is C20H26N4O3. The number of aromatic nitrogens is 2. The van der Waals surface area contributed by atoms with Crippen LogP contribution in [0.4, 0.5) is 5.82 Å². The molecule has 0 unspecified atom stereocenters. The van der Waals surface area contributed by atoms with Gasteiger partial charge in [0.25, 0.3) is 5.91 Å². The van der Waals surface area contributed by atoms with Crippen molar-refractivity contribution in [3.63, 3.8) is 0 Å². The zero-order chi connectivity index (χ0) is 19.4. The second-order valence-corrected chi connectivity index (χ2v) is 6.57. The van der Waals surface area contributed by atoms with E-state index >= 15 is 0 Å². The first kappa shape index (κ1) is 18.9. The molecule has 0 aliphatic carbocycles. The first-order chi connectivity index (χ1) is 13.0. The lowest BCUT2D eigenvalue weighted by atomic mass is 9.98. The summed E-state index contributed by atoms with van der Waals surface area (Å²) in [5, 5.41) is 3.22. The van der Waals surface area contributed by atoms with Crippen molar-refractivity contribution >= 4 is 11.7 Å². The summed E-state index contributed by atoms with van der Waals surface area (Å²) < 4.78 is 10.8. The molecule has 7 nitrogen and oxygen atoms in total. The lowest BCUT2D eigenvalue weighted by Crippen LogP contribution is -2.36. The van der Waals surface area contributed by atoms with Gasteiger partial charge in [0.1, 0.15) is 17.3 Å². The SMILES string of the molecule is CCCNc1cc(C(=O)N2CCc3cc(OC)c(OC)cc3C2)nc(C)n1. The van der Waals surface area contributed by atoms with Crippen molar-refractivity contribution in [2.45, 2.75) is 33.2 Å². The van der Waals surface area contributed by atoms with Crippen molar-refractivity contribution in [3.8, 4) is 11.5 Å². The van der Waals surface area contributed by atoms with Crippen LogP contribution in [-0.2, 0) is 13.0 Å². The quantitative estimate of drug-likeness (QED) is 0.843. The summed E-state index contributed by atoms with van der Waals surface area (Å²) in [6, 6.07) is 5.68. The smallest absolute Gasteiger partial charge is 0.272 e. The topological polar surface area (TPSA) is 76.6 Å². The summed E-state index contributed by atoms with van der Waals surface area (Å²) in [7, 11) is 3.25. The van der Waals surface area contributed by atoms with Gasteiger partial charge < -0.3 is 19.7 Å². The molecule has 2 heterocycles. The van der Waals surface area contributed by atoms with E-state index in [1.54, 1.807) is 27.2 Å². The van der Waals surface area contributed by atoms with Crippen LogP contribution in [0, 0.1) is 6.92 Å². The van der Waals surface area contributed by atoms with E-state index in [0.29, 0.717) is 41.9 Å². The second kappa shape index (κ2) is 8.24. The molecule has 0 fully saturated rings. The van der Waals surface area contributed by atoms with E-state index < -0.39 is 0 Å². The van der Waals surface area contributed by atoms with Gasteiger partial charge in [0.15, 0.2) is 11.5 Å². The van der Waals surface area contributed by atoms with E-state index in [9.17, 15) is 4.79 Å². The van der Waals surface area contributed by atoms with Gasteiger partial charge in [-0.1, -0.05) is 6.92 Å². The van der Waals surface area contributed by atoms with Crippen molar-refractivity contribution in [3.05, 3.63) is 40.8 Å². The van der Waals surface area contributed by atoms with Crippen molar-refractivity contribution in [2.24, 2.45) is 0 Å². The molecule has 0 bridgehead atoms. The third kappa shape index (κ3) is 4.13. The fourth-order valence-corrected chi connectivity index (χ4v) is 3.24. The predicted molar refractivity (Wildman–Crippen MR) is 104 cm³/mol. The first-order valence-electron chi connectivity index (χ1n) is 9.18. The van der Waals surface area contributed by atoms with E-state index in [2.05, 4.69) is 22.2 Å². The number of carbonyl (C=O) groups is 1. The second-order valence-electron chi connectivity index (χ2n) is 6.57. The molecule has 7 heteroatoms. The van der Waals surface area contributed by atoms with Gasteiger partial charge in [0, 0.05) is 25.7 Å². The average Bonchev–Trinajstić information content (AvgIpc) is 2.69. The minimum Gasteiger partial charge on any atom is -0.493 e. The predicted octanol–water partition coefficient (Wildman–Crippen LogP) is 2.82. The Hall–Kier alpha value is -2.83. The third-order valence-corrected chi connectivity index (χ3v) is 4.62. The summed E-state index contributed by atoms with van der Waals surface area (Å²) in [5.41, 5.74) is 2.67. The van der Waals surface area contributed by atoms with Gasteiger partial charge in [-0.15, -0.1) is 0 Å². The average molecular weight is 370 g/mol. The van der Waals surface area contributed by atoms with Crippen LogP contribution in [0.25, 0.3) is 0 Å². The molecule has 144 valence electrons. The molecule has 27 heavy (non-hydrogen) atoms. The van der Waals surface area contributed by atoms with Crippen molar-refractivity contribution in [1.82, 2.24) is 14.9 Å². The number of anilines is 1.